The Bertz CT molecular complexity index is 582. The second-order valence-corrected chi connectivity index (χ2v) is 5.12. The van der Waals surface area contributed by atoms with E-state index in [0.717, 1.165) is 10.6 Å². The Hall–Kier alpha value is -1.94. The highest BCUT2D eigenvalue weighted by Crippen LogP contribution is 2.32. The molecule has 0 fully saturated rings. The van der Waals surface area contributed by atoms with Crippen LogP contribution in [0.2, 0.25) is 0 Å². The molecule has 2 aromatic rings. The summed E-state index contributed by atoms with van der Waals surface area (Å²) in [5, 5.41) is 0. The van der Waals surface area contributed by atoms with Crippen LogP contribution in [0.1, 0.15) is 15.9 Å². The van der Waals surface area contributed by atoms with E-state index in [9.17, 15) is 4.79 Å². The highest BCUT2D eigenvalue weighted by atomic mass is 32.2. The summed E-state index contributed by atoms with van der Waals surface area (Å²) in [7, 11) is 2.92. The number of hydrogen-bond acceptors (Lipinski definition) is 4. The van der Waals surface area contributed by atoms with Gasteiger partial charge in [-0.2, -0.15) is 0 Å². The first-order valence-corrected chi connectivity index (χ1v) is 7.17. The summed E-state index contributed by atoms with van der Waals surface area (Å²) in [6.07, 6.45) is 0. The van der Waals surface area contributed by atoms with E-state index in [2.05, 4.69) is 12.1 Å². The van der Waals surface area contributed by atoms with Crippen molar-refractivity contribution < 1.29 is 14.3 Å². The maximum atomic E-state index is 11.9. The van der Waals surface area contributed by atoms with Crippen LogP contribution in [0.3, 0.4) is 0 Å². The van der Waals surface area contributed by atoms with Crippen molar-refractivity contribution in [2.45, 2.75) is 10.6 Å². The van der Waals surface area contributed by atoms with Gasteiger partial charge >= 0.3 is 5.97 Å². The standard InChI is InChI=1S/C16H16O3S/c1-18-13-9-6-10-14(15(13)16(17)19-2)20-11-12-7-4-3-5-8-12/h3-10H,11H2,1-2H3. The molecule has 4 heteroatoms. The third-order valence-electron chi connectivity index (χ3n) is 2.83. The lowest BCUT2D eigenvalue weighted by atomic mass is 10.2. The van der Waals surface area contributed by atoms with Crippen LogP contribution in [0.25, 0.3) is 0 Å². The van der Waals surface area contributed by atoms with E-state index in [1.54, 1.807) is 24.9 Å². The predicted molar refractivity (Wildman–Crippen MR) is 80.3 cm³/mol. The number of hydrogen-bond donors (Lipinski definition) is 0. The van der Waals surface area contributed by atoms with Crippen molar-refractivity contribution in [1.29, 1.82) is 0 Å². The highest BCUT2D eigenvalue weighted by molar-refractivity contribution is 7.98. The molecule has 0 saturated carbocycles. The van der Waals surface area contributed by atoms with Crippen LogP contribution in [0.4, 0.5) is 0 Å². The molecule has 0 saturated heterocycles. The van der Waals surface area contributed by atoms with E-state index in [1.807, 2.05) is 30.3 Å². The van der Waals surface area contributed by atoms with Gasteiger partial charge in [0.25, 0.3) is 0 Å². The minimum absolute atomic E-state index is 0.377. The molecule has 0 aromatic heterocycles. The van der Waals surface area contributed by atoms with E-state index in [0.29, 0.717) is 11.3 Å². The van der Waals surface area contributed by atoms with Crippen LogP contribution in [0, 0.1) is 0 Å². The van der Waals surface area contributed by atoms with Gasteiger partial charge in [-0.1, -0.05) is 36.4 Å². The van der Waals surface area contributed by atoms with Gasteiger partial charge in [-0.3, -0.25) is 0 Å². The topological polar surface area (TPSA) is 35.5 Å². The van der Waals surface area contributed by atoms with Gasteiger partial charge in [-0.15, -0.1) is 11.8 Å². The second-order valence-electron chi connectivity index (χ2n) is 4.10. The molecule has 0 radical (unpaired) electrons. The summed E-state index contributed by atoms with van der Waals surface area (Å²) in [5.74, 6) is 0.950. The van der Waals surface area contributed by atoms with Gasteiger partial charge in [0.2, 0.25) is 0 Å². The number of carbonyl (C=O) groups excluding carboxylic acids is 1. The maximum Gasteiger partial charge on any atom is 0.342 e. The molecule has 0 aliphatic heterocycles. The molecule has 2 aromatic carbocycles. The van der Waals surface area contributed by atoms with Gasteiger partial charge in [0.1, 0.15) is 11.3 Å². The highest BCUT2D eigenvalue weighted by Gasteiger charge is 2.18. The quantitative estimate of drug-likeness (QED) is 0.619. The van der Waals surface area contributed by atoms with Crippen molar-refractivity contribution in [3.63, 3.8) is 0 Å². The number of benzene rings is 2. The first-order valence-electron chi connectivity index (χ1n) is 6.18. The van der Waals surface area contributed by atoms with Crippen molar-refractivity contribution in [3.8, 4) is 5.75 Å². The number of methoxy groups -OCH3 is 2. The van der Waals surface area contributed by atoms with Gasteiger partial charge in [-0.25, -0.2) is 4.79 Å². The lowest BCUT2D eigenvalue weighted by molar-refractivity contribution is 0.0593. The summed E-state index contributed by atoms with van der Waals surface area (Å²) in [4.78, 5) is 12.8. The van der Waals surface area contributed by atoms with Crippen molar-refractivity contribution >= 4 is 17.7 Å². The van der Waals surface area contributed by atoms with Gasteiger partial charge in [0.15, 0.2) is 0 Å². The Morgan fingerprint density at radius 2 is 1.80 bits per heavy atom. The van der Waals surface area contributed by atoms with Crippen LogP contribution in [0.5, 0.6) is 5.75 Å². The van der Waals surface area contributed by atoms with Crippen LogP contribution >= 0.6 is 11.8 Å². The smallest absolute Gasteiger partial charge is 0.342 e. The third-order valence-corrected chi connectivity index (χ3v) is 3.96. The van der Waals surface area contributed by atoms with Gasteiger partial charge in [0.05, 0.1) is 14.2 Å². The van der Waals surface area contributed by atoms with E-state index < -0.39 is 0 Å². The summed E-state index contributed by atoms with van der Waals surface area (Å²) >= 11 is 1.59. The molecule has 0 bridgehead atoms. The SMILES string of the molecule is COC(=O)c1c(OC)cccc1SCc1ccccc1. The average molecular weight is 288 g/mol. The lowest BCUT2D eigenvalue weighted by Crippen LogP contribution is -2.06. The molecule has 0 N–H and O–H groups in total. The molecular weight excluding hydrogens is 272 g/mol. The molecule has 0 unspecified atom stereocenters. The summed E-state index contributed by atoms with van der Waals surface area (Å²) in [5.41, 5.74) is 1.69. The molecule has 104 valence electrons. The molecule has 20 heavy (non-hydrogen) atoms. The fourth-order valence-electron chi connectivity index (χ4n) is 1.84. The fraction of sp³-hybridized carbons (Fsp3) is 0.188. The number of rotatable bonds is 5. The fourth-order valence-corrected chi connectivity index (χ4v) is 2.86. The average Bonchev–Trinajstić information content (AvgIpc) is 2.52. The van der Waals surface area contributed by atoms with Crippen molar-refractivity contribution in [3.05, 3.63) is 59.7 Å². The number of ether oxygens (including phenoxy) is 2. The monoisotopic (exact) mass is 288 g/mol. The molecule has 0 aliphatic rings. The number of esters is 1. The normalized spacial score (nSPS) is 10.1. The first-order chi connectivity index (χ1) is 9.76. The first kappa shape index (κ1) is 14.5. The molecule has 0 amide bonds. The summed E-state index contributed by atoms with van der Waals surface area (Å²) in [6.45, 7) is 0. The zero-order chi connectivity index (χ0) is 14.4. The van der Waals surface area contributed by atoms with E-state index in [1.165, 1.54) is 12.7 Å². The number of carbonyl (C=O) groups is 1. The Labute approximate surface area is 122 Å². The Morgan fingerprint density at radius 1 is 1.05 bits per heavy atom. The lowest BCUT2D eigenvalue weighted by Gasteiger charge is -2.11. The Kier molecular flexibility index (Phi) is 5.07. The van der Waals surface area contributed by atoms with Crippen LogP contribution in [-0.2, 0) is 10.5 Å². The van der Waals surface area contributed by atoms with Crippen LogP contribution in [0.15, 0.2) is 53.4 Å². The van der Waals surface area contributed by atoms with Gasteiger partial charge < -0.3 is 9.47 Å². The Morgan fingerprint density at radius 3 is 2.45 bits per heavy atom. The van der Waals surface area contributed by atoms with Gasteiger partial charge in [0, 0.05) is 10.6 Å². The third kappa shape index (κ3) is 3.33. The second kappa shape index (κ2) is 7.01. The molecule has 2 rings (SSSR count). The van der Waals surface area contributed by atoms with Crippen molar-refractivity contribution in [1.82, 2.24) is 0 Å². The largest absolute Gasteiger partial charge is 0.496 e. The molecule has 0 aliphatic carbocycles. The minimum Gasteiger partial charge on any atom is -0.496 e. The van der Waals surface area contributed by atoms with E-state index in [4.69, 9.17) is 9.47 Å². The van der Waals surface area contributed by atoms with Crippen molar-refractivity contribution in [2.75, 3.05) is 14.2 Å². The van der Waals surface area contributed by atoms with E-state index in [-0.39, 0.29) is 5.97 Å². The van der Waals surface area contributed by atoms with E-state index >= 15 is 0 Å². The maximum absolute atomic E-state index is 11.9. The molecule has 0 spiro atoms. The molecular formula is C16H16O3S. The zero-order valence-electron chi connectivity index (χ0n) is 11.5. The zero-order valence-corrected chi connectivity index (χ0v) is 12.3. The number of thioether (sulfide) groups is 1. The van der Waals surface area contributed by atoms with Crippen molar-refractivity contribution in [2.24, 2.45) is 0 Å². The Balaban J connectivity index is 2.25. The van der Waals surface area contributed by atoms with Gasteiger partial charge in [-0.05, 0) is 17.7 Å². The molecule has 0 heterocycles. The summed E-state index contributed by atoms with van der Waals surface area (Å²) < 4.78 is 10.1. The molecule has 0 atom stereocenters. The van der Waals surface area contributed by atoms with Crippen LogP contribution in [-0.4, -0.2) is 20.2 Å². The molecule has 3 nitrogen and oxygen atoms in total. The minimum atomic E-state index is -0.377. The summed E-state index contributed by atoms with van der Waals surface area (Å²) in [6, 6.07) is 15.7. The van der Waals surface area contributed by atoms with Crippen LogP contribution < -0.4 is 4.74 Å². The predicted octanol–water partition coefficient (Wildman–Crippen LogP) is 3.77.